The first-order valence-electron chi connectivity index (χ1n) is 9.97. The monoisotopic (exact) mass is 473 g/mol. The summed E-state index contributed by atoms with van der Waals surface area (Å²) in [6.07, 6.45) is 0. The van der Waals surface area contributed by atoms with Gasteiger partial charge in [0.15, 0.2) is 0 Å². The fourth-order valence-electron chi connectivity index (χ4n) is 3.11. The third kappa shape index (κ3) is 5.55. The molecule has 0 aliphatic rings. The third-order valence-electron chi connectivity index (χ3n) is 4.86. The zero-order valence-corrected chi connectivity index (χ0v) is 20.1. The summed E-state index contributed by atoms with van der Waals surface area (Å²) < 4.78 is 31.5. The molecule has 2 N–H and O–H groups in total. The Morgan fingerprint density at radius 2 is 1.81 bits per heavy atom. The maximum absolute atomic E-state index is 13.2. The number of amides is 1. The summed E-state index contributed by atoms with van der Waals surface area (Å²) in [6.45, 7) is 2.28. The number of carbonyl (C=O) groups excluding carboxylic acids is 1. The van der Waals surface area contributed by atoms with Crippen molar-refractivity contribution in [3.05, 3.63) is 76.7 Å². The van der Waals surface area contributed by atoms with Gasteiger partial charge in [0.2, 0.25) is 5.91 Å². The molecule has 1 unspecified atom stereocenters. The van der Waals surface area contributed by atoms with Gasteiger partial charge in [-0.25, -0.2) is 12.7 Å². The number of nitrogens with one attached hydrogen (secondary N) is 2. The summed E-state index contributed by atoms with van der Waals surface area (Å²) in [7, 11) is 1.08. The predicted octanol–water partition coefficient (Wildman–Crippen LogP) is 3.79. The Morgan fingerprint density at radius 1 is 1.09 bits per heavy atom. The van der Waals surface area contributed by atoms with Crippen molar-refractivity contribution in [2.24, 2.45) is 0 Å². The maximum atomic E-state index is 13.2. The van der Waals surface area contributed by atoms with Crippen molar-refractivity contribution >= 4 is 33.0 Å². The summed E-state index contributed by atoms with van der Waals surface area (Å²) in [5.41, 5.74) is 2.39. The number of thiophene rings is 1. The highest BCUT2D eigenvalue weighted by Gasteiger charge is 2.23. The Labute approximate surface area is 193 Å². The van der Waals surface area contributed by atoms with Gasteiger partial charge in [0.1, 0.15) is 16.0 Å². The molecule has 3 aromatic rings. The Morgan fingerprint density at radius 3 is 2.47 bits per heavy atom. The first-order valence-corrected chi connectivity index (χ1v) is 12.2. The van der Waals surface area contributed by atoms with Crippen LogP contribution in [0.4, 0.5) is 5.69 Å². The second-order valence-corrected chi connectivity index (χ2v) is 11.0. The number of hydrogen-bond acceptors (Lipinski definition) is 6. The van der Waals surface area contributed by atoms with Crippen LogP contribution in [0.15, 0.2) is 64.9 Å². The molecule has 32 heavy (non-hydrogen) atoms. The fourth-order valence-corrected chi connectivity index (χ4v) is 5.58. The summed E-state index contributed by atoms with van der Waals surface area (Å²) in [5.74, 6) is 0.338. The number of benzene rings is 2. The smallest absolute Gasteiger partial charge is 0.252 e. The van der Waals surface area contributed by atoms with Gasteiger partial charge in [-0.3, -0.25) is 10.1 Å². The molecule has 0 spiro atoms. The Hall–Kier alpha value is -2.72. The molecule has 0 saturated carbocycles. The van der Waals surface area contributed by atoms with Crippen LogP contribution < -0.4 is 15.4 Å². The zero-order chi connectivity index (χ0) is 23.3. The lowest BCUT2D eigenvalue weighted by atomic mass is 10.1. The molecule has 2 aromatic carbocycles. The van der Waals surface area contributed by atoms with Crippen LogP contribution in [-0.2, 0) is 21.4 Å². The van der Waals surface area contributed by atoms with E-state index >= 15 is 0 Å². The summed E-state index contributed by atoms with van der Waals surface area (Å²) >= 11 is 1.19. The van der Waals surface area contributed by atoms with Crippen molar-refractivity contribution in [1.82, 2.24) is 9.62 Å². The van der Waals surface area contributed by atoms with Gasteiger partial charge >= 0.3 is 0 Å². The van der Waals surface area contributed by atoms with E-state index in [0.717, 1.165) is 16.0 Å². The molecule has 0 fully saturated rings. The Balaban J connectivity index is 1.81. The Kier molecular flexibility index (Phi) is 7.68. The van der Waals surface area contributed by atoms with Crippen LogP contribution in [-0.4, -0.2) is 39.8 Å². The fraction of sp³-hybridized carbons (Fsp3) is 0.261. The van der Waals surface area contributed by atoms with Crippen molar-refractivity contribution < 1.29 is 17.9 Å². The largest absolute Gasteiger partial charge is 0.495 e. The normalized spacial score (nSPS) is 12.5. The third-order valence-corrected chi connectivity index (χ3v) is 8.23. The molecule has 0 radical (unpaired) electrons. The summed E-state index contributed by atoms with van der Waals surface area (Å²) in [5, 5.41) is 6.22. The van der Waals surface area contributed by atoms with E-state index in [1.165, 1.54) is 29.7 Å². The highest BCUT2D eigenvalue weighted by molar-refractivity contribution is 7.91. The lowest BCUT2D eigenvalue weighted by molar-refractivity contribution is -0.118. The number of aryl methyl sites for hydroxylation is 1. The summed E-state index contributed by atoms with van der Waals surface area (Å²) in [4.78, 5) is 14.1. The molecule has 1 atom stereocenters. The van der Waals surface area contributed by atoms with E-state index in [2.05, 4.69) is 10.6 Å². The number of methoxy groups -OCH3 is 1. The van der Waals surface area contributed by atoms with Crippen molar-refractivity contribution in [1.29, 1.82) is 0 Å². The van der Waals surface area contributed by atoms with E-state index < -0.39 is 16.1 Å². The molecule has 0 saturated heterocycles. The van der Waals surface area contributed by atoms with E-state index in [-0.39, 0.29) is 10.1 Å². The molecule has 1 heterocycles. The number of hydrogen-bond donors (Lipinski definition) is 2. The zero-order valence-electron chi connectivity index (χ0n) is 18.5. The molecule has 0 bridgehead atoms. The van der Waals surface area contributed by atoms with Crippen molar-refractivity contribution in [3.63, 3.8) is 0 Å². The van der Waals surface area contributed by atoms with E-state index in [4.69, 9.17) is 4.74 Å². The first kappa shape index (κ1) is 23.9. The average Bonchev–Trinajstić information content (AvgIpc) is 3.24. The molecular formula is C23H27N3O4S2. The van der Waals surface area contributed by atoms with E-state index in [1.807, 2.05) is 55.5 Å². The topological polar surface area (TPSA) is 87.7 Å². The van der Waals surface area contributed by atoms with Gasteiger partial charge in [0.05, 0.1) is 12.8 Å². The molecule has 1 aromatic heterocycles. The molecule has 3 rings (SSSR count). The van der Waals surface area contributed by atoms with Crippen molar-refractivity contribution in [2.75, 3.05) is 26.5 Å². The lowest BCUT2D eigenvalue weighted by Gasteiger charge is -2.20. The van der Waals surface area contributed by atoms with Crippen LogP contribution in [0.3, 0.4) is 0 Å². The molecular weight excluding hydrogens is 446 g/mol. The Bertz CT molecular complexity index is 1170. The van der Waals surface area contributed by atoms with Gasteiger partial charge in [-0.2, -0.15) is 0 Å². The van der Waals surface area contributed by atoms with Gasteiger partial charge in [0, 0.05) is 25.5 Å². The molecule has 7 nitrogen and oxygen atoms in total. The highest BCUT2D eigenvalue weighted by atomic mass is 32.2. The molecule has 1 amide bonds. The van der Waals surface area contributed by atoms with Crippen LogP contribution in [0.1, 0.15) is 22.0 Å². The van der Waals surface area contributed by atoms with Gasteiger partial charge in [0.25, 0.3) is 10.0 Å². The van der Waals surface area contributed by atoms with Crippen LogP contribution in [0.25, 0.3) is 0 Å². The van der Waals surface area contributed by atoms with E-state index in [1.54, 1.807) is 19.2 Å². The number of ether oxygens (including phenoxy) is 1. The number of sulfonamides is 1. The minimum atomic E-state index is -3.48. The van der Waals surface area contributed by atoms with E-state index in [9.17, 15) is 13.2 Å². The second kappa shape index (κ2) is 10.3. The number of anilines is 1. The molecule has 0 aliphatic carbocycles. The van der Waals surface area contributed by atoms with Crippen molar-refractivity contribution in [3.8, 4) is 5.75 Å². The van der Waals surface area contributed by atoms with Gasteiger partial charge in [-0.1, -0.05) is 36.4 Å². The van der Waals surface area contributed by atoms with Gasteiger partial charge < -0.3 is 10.1 Å². The SMILES string of the molecule is COc1ccc(C)cc1NC(=O)C(NCc1ccc(S(=O)(=O)N(C)C)s1)c1ccccc1. The second-order valence-electron chi connectivity index (χ2n) is 7.43. The van der Waals surface area contributed by atoms with Crippen LogP contribution >= 0.6 is 11.3 Å². The number of nitrogens with zero attached hydrogens (tertiary/aromatic N) is 1. The minimum absolute atomic E-state index is 0.238. The van der Waals surface area contributed by atoms with Crippen LogP contribution in [0.5, 0.6) is 5.75 Å². The lowest BCUT2D eigenvalue weighted by Crippen LogP contribution is -2.32. The minimum Gasteiger partial charge on any atom is -0.495 e. The van der Waals surface area contributed by atoms with Crippen molar-refractivity contribution in [2.45, 2.75) is 23.7 Å². The predicted molar refractivity (Wildman–Crippen MR) is 128 cm³/mol. The maximum Gasteiger partial charge on any atom is 0.252 e. The van der Waals surface area contributed by atoms with Gasteiger partial charge in [-0.05, 0) is 42.3 Å². The molecule has 0 aliphatic heterocycles. The van der Waals surface area contributed by atoms with Crippen LogP contribution in [0, 0.1) is 6.92 Å². The average molecular weight is 474 g/mol. The molecule has 9 heteroatoms. The molecule has 170 valence electrons. The quantitative estimate of drug-likeness (QED) is 0.494. The number of rotatable bonds is 9. The van der Waals surface area contributed by atoms with Gasteiger partial charge in [-0.15, -0.1) is 11.3 Å². The number of carbonyl (C=O) groups is 1. The van der Waals surface area contributed by atoms with Crippen LogP contribution in [0.2, 0.25) is 0 Å². The standard InChI is InChI=1S/C23H27N3O4S2/c1-16-10-12-20(30-4)19(14-16)25-23(27)22(17-8-6-5-7-9-17)24-15-18-11-13-21(31-18)32(28,29)26(2)3/h5-14,22,24H,15H2,1-4H3,(H,25,27). The van der Waals surface area contributed by atoms with E-state index in [0.29, 0.717) is 18.0 Å². The summed E-state index contributed by atoms with van der Waals surface area (Å²) in [6, 6.07) is 17.7. The highest BCUT2D eigenvalue weighted by Crippen LogP contribution is 2.28. The first-order chi connectivity index (χ1) is 15.2.